The first kappa shape index (κ1) is 34.4. The number of nitrogens with zero attached hydrogens (tertiary/aromatic N) is 1. The second-order valence-corrected chi connectivity index (χ2v) is 10.7. The van der Waals surface area contributed by atoms with Crippen LogP contribution in [0, 0.1) is 0 Å². The molecular formula is C36H33F3N2O6. The summed E-state index contributed by atoms with van der Waals surface area (Å²) in [6.07, 6.45) is -4.85. The number of esters is 2. The lowest BCUT2D eigenvalue weighted by molar-refractivity contribution is -0.150. The molecule has 1 atom stereocenters. The van der Waals surface area contributed by atoms with Gasteiger partial charge in [0.25, 0.3) is 11.8 Å². The summed E-state index contributed by atoms with van der Waals surface area (Å²) < 4.78 is 50.0. The first-order valence-corrected chi connectivity index (χ1v) is 14.7. The number of hydrogen-bond acceptors (Lipinski definition) is 6. The number of ether oxygens (including phenoxy) is 2. The van der Waals surface area contributed by atoms with Crippen LogP contribution in [0.4, 0.5) is 18.9 Å². The first-order chi connectivity index (χ1) is 22.4. The Morgan fingerprint density at radius 3 is 2.11 bits per heavy atom. The van der Waals surface area contributed by atoms with Crippen LogP contribution in [-0.2, 0) is 31.7 Å². The third-order valence-electron chi connectivity index (χ3n) is 7.23. The molecule has 8 nitrogen and oxygen atoms in total. The van der Waals surface area contributed by atoms with Crippen molar-refractivity contribution in [2.24, 2.45) is 0 Å². The highest BCUT2D eigenvalue weighted by atomic mass is 19.4. The maximum atomic E-state index is 13.6. The van der Waals surface area contributed by atoms with E-state index < -0.39 is 41.4 Å². The van der Waals surface area contributed by atoms with Crippen molar-refractivity contribution in [2.45, 2.75) is 25.4 Å². The lowest BCUT2D eigenvalue weighted by atomic mass is 9.97. The number of amides is 2. The van der Waals surface area contributed by atoms with Crippen LogP contribution in [0.15, 0.2) is 97.1 Å². The molecule has 0 aliphatic rings. The standard InChI is InChI=1S/C36H33F3N2O6/c1-4-46-35(45)29(23-11-6-5-7-12-23)22-47-31(42)21-25-13-10-16-30(32(25)34(44)41(2)3)40-33(43)28-15-9-8-14-27(28)24-17-19-26(20-18-24)36(37,38)39/h5-20,29H,4,21-22H2,1-3H3,(H,40,43). The number of hydrogen-bond donors (Lipinski definition) is 1. The molecule has 2 amide bonds. The third-order valence-corrected chi connectivity index (χ3v) is 7.23. The van der Waals surface area contributed by atoms with Crippen LogP contribution in [0.5, 0.6) is 0 Å². The molecule has 0 aliphatic heterocycles. The summed E-state index contributed by atoms with van der Waals surface area (Å²) in [5.74, 6) is -3.21. The minimum atomic E-state index is -4.51. The monoisotopic (exact) mass is 646 g/mol. The van der Waals surface area contributed by atoms with Crippen molar-refractivity contribution < 1.29 is 41.8 Å². The van der Waals surface area contributed by atoms with E-state index in [9.17, 15) is 32.3 Å². The summed E-state index contributed by atoms with van der Waals surface area (Å²) in [5, 5.41) is 2.74. The zero-order valence-electron chi connectivity index (χ0n) is 26.0. The number of benzene rings is 4. The molecule has 0 saturated heterocycles. The fourth-order valence-electron chi connectivity index (χ4n) is 4.90. The van der Waals surface area contributed by atoms with Gasteiger partial charge in [-0.25, -0.2) is 0 Å². The second kappa shape index (κ2) is 15.2. The van der Waals surface area contributed by atoms with Gasteiger partial charge < -0.3 is 19.7 Å². The van der Waals surface area contributed by atoms with Crippen molar-refractivity contribution in [1.29, 1.82) is 0 Å². The van der Waals surface area contributed by atoms with E-state index in [2.05, 4.69) is 5.32 Å². The van der Waals surface area contributed by atoms with E-state index in [1.165, 1.54) is 43.3 Å². The molecule has 0 heterocycles. The molecular weight excluding hydrogens is 613 g/mol. The summed E-state index contributed by atoms with van der Waals surface area (Å²) in [6, 6.07) is 24.2. The molecule has 0 fully saturated rings. The van der Waals surface area contributed by atoms with Crippen LogP contribution in [0.3, 0.4) is 0 Å². The summed E-state index contributed by atoms with van der Waals surface area (Å²) in [5.41, 5.74) is 1.18. The molecule has 1 unspecified atom stereocenters. The Labute approximate surface area is 270 Å². The third kappa shape index (κ3) is 8.63. The Kier molecular flexibility index (Phi) is 11.1. The highest BCUT2D eigenvalue weighted by Gasteiger charge is 2.30. The summed E-state index contributed by atoms with van der Waals surface area (Å²) >= 11 is 0. The fourth-order valence-corrected chi connectivity index (χ4v) is 4.90. The molecule has 0 saturated carbocycles. The van der Waals surface area contributed by atoms with Gasteiger partial charge in [0.05, 0.1) is 29.8 Å². The molecule has 47 heavy (non-hydrogen) atoms. The predicted octanol–water partition coefficient (Wildman–Crippen LogP) is 6.76. The van der Waals surface area contributed by atoms with Gasteiger partial charge in [0.2, 0.25) is 0 Å². The number of nitrogens with one attached hydrogen (secondary N) is 1. The van der Waals surface area contributed by atoms with E-state index in [0.717, 1.165) is 12.1 Å². The molecule has 4 aromatic rings. The average molecular weight is 647 g/mol. The smallest absolute Gasteiger partial charge is 0.416 e. The first-order valence-electron chi connectivity index (χ1n) is 14.7. The van der Waals surface area contributed by atoms with E-state index in [4.69, 9.17) is 9.47 Å². The van der Waals surface area contributed by atoms with Gasteiger partial charge in [-0.05, 0) is 53.4 Å². The van der Waals surface area contributed by atoms with Crippen LogP contribution >= 0.6 is 0 Å². The molecule has 1 N–H and O–H groups in total. The highest BCUT2D eigenvalue weighted by molar-refractivity contribution is 6.12. The van der Waals surface area contributed by atoms with Crippen molar-refractivity contribution in [3.63, 3.8) is 0 Å². The Morgan fingerprint density at radius 2 is 1.47 bits per heavy atom. The minimum Gasteiger partial charge on any atom is -0.465 e. The highest BCUT2D eigenvalue weighted by Crippen LogP contribution is 2.32. The van der Waals surface area contributed by atoms with Crippen LogP contribution < -0.4 is 5.32 Å². The van der Waals surface area contributed by atoms with Gasteiger partial charge in [-0.2, -0.15) is 13.2 Å². The Bertz CT molecular complexity index is 1740. The maximum absolute atomic E-state index is 13.6. The lowest BCUT2D eigenvalue weighted by Crippen LogP contribution is -2.27. The van der Waals surface area contributed by atoms with Gasteiger partial charge in [0.1, 0.15) is 12.5 Å². The van der Waals surface area contributed by atoms with E-state index >= 15 is 0 Å². The van der Waals surface area contributed by atoms with E-state index in [1.807, 2.05) is 0 Å². The van der Waals surface area contributed by atoms with Gasteiger partial charge in [-0.1, -0.05) is 72.8 Å². The van der Waals surface area contributed by atoms with Gasteiger partial charge in [0.15, 0.2) is 0 Å². The van der Waals surface area contributed by atoms with Crippen molar-refractivity contribution in [3.8, 4) is 11.1 Å². The van der Waals surface area contributed by atoms with Crippen LogP contribution in [0.1, 0.15) is 50.2 Å². The van der Waals surface area contributed by atoms with Crippen LogP contribution in [-0.4, -0.2) is 56.0 Å². The molecule has 4 rings (SSSR count). The fraction of sp³-hybridized carbons (Fsp3) is 0.222. The van der Waals surface area contributed by atoms with Crippen molar-refractivity contribution in [2.75, 3.05) is 32.6 Å². The number of rotatable bonds is 11. The molecule has 4 aromatic carbocycles. The number of anilines is 1. The number of alkyl halides is 3. The number of carbonyl (C=O) groups excluding carboxylic acids is 4. The largest absolute Gasteiger partial charge is 0.465 e. The van der Waals surface area contributed by atoms with Gasteiger partial charge in [-0.15, -0.1) is 0 Å². The van der Waals surface area contributed by atoms with Gasteiger partial charge in [0, 0.05) is 19.7 Å². The van der Waals surface area contributed by atoms with E-state index in [-0.39, 0.29) is 42.0 Å². The van der Waals surface area contributed by atoms with Crippen molar-refractivity contribution in [3.05, 3.63) is 125 Å². The topological polar surface area (TPSA) is 102 Å². The average Bonchev–Trinajstić information content (AvgIpc) is 3.05. The summed E-state index contributed by atoms with van der Waals surface area (Å²) in [7, 11) is 3.04. The number of carbonyl (C=O) groups is 4. The zero-order valence-corrected chi connectivity index (χ0v) is 26.0. The van der Waals surface area contributed by atoms with E-state index in [1.54, 1.807) is 67.6 Å². The maximum Gasteiger partial charge on any atom is 0.416 e. The quantitative estimate of drug-likeness (QED) is 0.181. The normalized spacial score (nSPS) is 11.7. The molecule has 0 aliphatic carbocycles. The number of halogens is 3. The predicted molar refractivity (Wildman–Crippen MR) is 170 cm³/mol. The van der Waals surface area contributed by atoms with E-state index in [0.29, 0.717) is 16.7 Å². The second-order valence-electron chi connectivity index (χ2n) is 10.7. The van der Waals surface area contributed by atoms with Crippen LogP contribution in [0.25, 0.3) is 11.1 Å². The molecule has 11 heteroatoms. The van der Waals surface area contributed by atoms with Crippen molar-refractivity contribution in [1.82, 2.24) is 4.90 Å². The zero-order chi connectivity index (χ0) is 34.1. The lowest BCUT2D eigenvalue weighted by Gasteiger charge is -2.19. The Hall–Kier alpha value is -5.45. The summed E-state index contributed by atoms with van der Waals surface area (Å²) in [4.78, 5) is 53.9. The minimum absolute atomic E-state index is 0.0554. The SMILES string of the molecule is CCOC(=O)C(COC(=O)Cc1cccc(NC(=O)c2ccccc2-c2ccc(C(F)(F)F)cc2)c1C(=O)N(C)C)c1ccccc1. The van der Waals surface area contributed by atoms with Crippen molar-refractivity contribution >= 4 is 29.4 Å². The van der Waals surface area contributed by atoms with Gasteiger partial charge >= 0.3 is 18.1 Å². The van der Waals surface area contributed by atoms with Gasteiger partial charge in [-0.3, -0.25) is 19.2 Å². The Morgan fingerprint density at radius 1 is 0.809 bits per heavy atom. The molecule has 0 bridgehead atoms. The molecule has 244 valence electrons. The molecule has 0 radical (unpaired) electrons. The Balaban J connectivity index is 1.59. The van der Waals surface area contributed by atoms with Crippen LogP contribution in [0.2, 0.25) is 0 Å². The summed E-state index contributed by atoms with van der Waals surface area (Å²) in [6.45, 7) is 1.55. The molecule has 0 aromatic heterocycles. The molecule has 0 spiro atoms.